The second-order valence-corrected chi connectivity index (χ2v) is 9.76. The van der Waals surface area contributed by atoms with Crippen LogP contribution in [0.2, 0.25) is 0 Å². The molecule has 0 amide bonds. The minimum atomic E-state index is -2.51. The minimum absolute atomic E-state index is 0.196. The Morgan fingerprint density at radius 1 is 0.816 bits per heavy atom. The molecule has 8 nitrogen and oxygen atoms in total. The van der Waals surface area contributed by atoms with Gasteiger partial charge in [-0.2, -0.15) is 0 Å². The maximum absolute atomic E-state index is 11.8. The zero-order valence-corrected chi connectivity index (χ0v) is 22.5. The van der Waals surface area contributed by atoms with Crippen molar-refractivity contribution in [2.75, 3.05) is 19.8 Å². The molecule has 1 unspecified atom stereocenters. The SMILES string of the molecule is C=CC(O)(Cc1ccccc1OCCCC)[C@@H](O)[C@@](O)(Cc1ccccc1OCCCC)[C@H](O)[C@@H](O)CO. The lowest BCUT2D eigenvalue weighted by Gasteiger charge is -2.45. The van der Waals surface area contributed by atoms with Gasteiger partial charge < -0.3 is 40.1 Å². The molecule has 5 atom stereocenters. The van der Waals surface area contributed by atoms with Gasteiger partial charge in [-0.3, -0.25) is 0 Å². The summed E-state index contributed by atoms with van der Waals surface area (Å²) in [6.45, 7) is 7.80. The molecule has 0 spiro atoms. The smallest absolute Gasteiger partial charge is 0.126 e. The van der Waals surface area contributed by atoms with Crippen LogP contribution in [-0.4, -0.2) is 80.0 Å². The predicted octanol–water partition coefficient (Wildman–Crippen LogP) is 2.55. The first-order valence-electron chi connectivity index (χ1n) is 13.3. The molecule has 0 bridgehead atoms. The fourth-order valence-corrected chi connectivity index (χ4v) is 4.35. The van der Waals surface area contributed by atoms with E-state index in [4.69, 9.17) is 9.47 Å². The maximum atomic E-state index is 11.8. The first-order valence-corrected chi connectivity index (χ1v) is 13.3. The lowest BCUT2D eigenvalue weighted by atomic mass is 9.73. The molecule has 0 aromatic heterocycles. The normalized spacial score (nSPS) is 17.1. The summed E-state index contributed by atoms with van der Waals surface area (Å²) in [6, 6.07) is 13.9. The number of hydrogen-bond donors (Lipinski definition) is 6. The highest BCUT2D eigenvalue weighted by atomic mass is 16.5. The summed E-state index contributed by atoms with van der Waals surface area (Å²) >= 11 is 0. The van der Waals surface area contributed by atoms with Gasteiger partial charge in [-0.25, -0.2) is 0 Å². The van der Waals surface area contributed by atoms with Crippen molar-refractivity contribution in [2.45, 2.75) is 81.9 Å². The summed E-state index contributed by atoms with van der Waals surface area (Å²) in [4.78, 5) is 0. The van der Waals surface area contributed by atoms with E-state index in [1.807, 2.05) is 13.8 Å². The van der Waals surface area contributed by atoms with Gasteiger partial charge in [0.1, 0.15) is 41.0 Å². The summed E-state index contributed by atoms with van der Waals surface area (Å²) in [5.41, 5.74) is -3.64. The molecule has 2 aromatic rings. The fourth-order valence-electron chi connectivity index (χ4n) is 4.35. The van der Waals surface area contributed by atoms with Crippen LogP contribution in [0.25, 0.3) is 0 Å². The molecule has 212 valence electrons. The number of aliphatic hydroxyl groups is 6. The average molecular weight is 533 g/mol. The van der Waals surface area contributed by atoms with Crippen LogP contribution in [0.15, 0.2) is 61.2 Å². The summed E-state index contributed by atoms with van der Waals surface area (Å²) in [6.07, 6.45) is -1.81. The van der Waals surface area contributed by atoms with Crippen molar-refractivity contribution in [1.82, 2.24) is 0 Å². The molecule has 8 heteroatoms. The van der Waals surface area contributed by atoms with Crippen LogP contribution in [0.5, 0.6) is 11.5 Å². The predicted molar refractivity (Wildman–Crippen MR) is 146 cm³/mol. The summed E-state index contributed by atoms with van der Waals surface area (Å²) < 4.78 is 11.7. The van der Waals surface area contributed by atoms with E-state index in [1.54, 1.807) is 48.5 Å². The standard InChI is InChI=1S/C30H44O8/c1-4-7-17-37-25-15-11-9-13-22(25)19-29(35,6-3)28(34)30(36,27(33)24(32)21-31)20-23-14-10-12-16-26(23)38-18-8-5-2/h6,9-16,24,27-28,31-36H,3-5,7-8,17-21H2,1-2H3/t24-,27+,28+,29?,30+/m0/s1. The van der Waals surface area contributed by atoms with Crippen molar-refractivity contribution in [3.63, 3.8) is 0 Å². The second kappa shape index (κ2) is 15.2. The van der Waals surface area contributed by atoms with E-state index in [-0.39, 0.29) is 12.8 Å². The van der Waals surface area contributed by atoms with Crippen LogP contribution >= 0.6 is 0 Å². The van der Waals surface area contributed by atoms with Crippen molar-refractivity contribution >= 4 is 0 Å². The van der Waals surface area contributed by atoms with Gasteiger partial charge in [0.05, 0.1) is 19.8 Å². The van der Waals surface area contributed by atoms with Gasteiger partial charge in [-0.15, -0.1) is 6.58 Å². The van der Waals surface area contributed by atoms with Gasteiger partial charge in [-0.05, 0) is 36.1 Å². The molecule has 0 aliphatic carbocycles. The third kappa shape index (κ3) is 8.02. The maximum Gasteiger partial charge on any atom is 0.126 e. The van der Waals surface area contributed by atoms with E-state index in [2.05, 4.69) is 6.58 Å². The highest BCUT2D eigenvalue weighted by molar-refractivity contribution is 5.38. The molecule has 38 heavy (non-hydrogen) atoms. The summed E-state index contributed by atoms with van der Waals surface area (Å²) in [5, 5.41) is 65.8. The van der Waals surface area contributed by atoms with Gasteiger partial charge >= 0.3 is 0 Å². The topological polar surface area (TPSA) is 140 Å². The monoisotopic (exact) mass is 532 g/mol. The largest absolute Gasteiger partial charge is 0.493 e. The Kier molecular flexibility index (Phi) is 12.7. The van der Waals surface area contributed by atoms with Gasteiger partial charge in [0.15, 0.2) is 0 Å². The van der Waals surface area contributed by atoms with E-state index >= 15 is 0 Å². The molecule has 2 aromatic carbocycles. The number of aliphatic hydroxyl groups excluding tert-OH is 4. The number of unbranched alkanes of at least 4 members (excludes halogenated alkanes) is 2. The second-order valence-electron chi connectivity index (χ2n) is 9.76. The zero-order valence-electron chi connectivity index (χ0n) is 22.5. The number of hydrogen-bond acceptors (Lipinski definition) is 8. The summed E-state index contributed by atoms with van der Waals surface area (Å²) in [5.74, 6) is 0.955. The molecule has 0 heterocycles. The van der Waals surface area contributed by atoms with Crippen LogP contribution in [0, 0.1) is 0 Å². The van der Waals surface area contributed by atoms with Gasteiger partial charge in [0.2, 0.25) is 0 Å². The van der Waals surface area contributed by atoms with Crippen LogP contribution in [0.1, 0.15) is 50.7 Å². The zero-order chi connectivity index (χ0) is 28.2. The Bertz CT molecular complexity index is 982. The first kappa shape index (κ1) is 31.8. The molecule has 6 N–H and O–H groups in total. The van der Waals surface area contributed by atoms with E-state index in [9.17, 15) is 30.6 Å². The lowest BCUT2D eigenvalue weighted by molar-refractivity contribution is -0.218. The average Bonchev–Trinajstić information content (AvgIpc) is 2.93. The van der Waals surface area contributed by atoms with Crippen molar-refractivity contribution < 1.29 is 40.1 Å². The Morgan fingerprint density at radius 2 is 1.29 bits per heavy atom. The summed E-state index contributed by atoms with van der Waals surface area (Å²) in [7, 11) is 0. The van der Waals surface area contributed by atoms with E-state index in [1.165, 1.54) is 0 Å². The third-order valence-corrected chi connectivity index (χ3v) is 6.77. The quantitative estimate of drug-likeness (QED) is 0.127. The van der Waals surface area contributed by atoms with E-state index in [0.29, 0.717) is 35.8 Å². The van der Waals surface area contributed by atoms with E-state index in [0.717, 1.165) is 31.8 Å². The molecule has 0 fully saturated rings. The Labute approximate surface area is 225 Å². The van der Waals surface area contributed by atoms with Gasteiger partial charge in [0.25, 0.3) is 0 Å². The molecular weight excluding hydrogens is 488 g/mol. The highest BCUT2D eigenvalue weighted by Gasteiger charge is 2.53. The van der Waals surface area contributed by atoms with Crippen LogP contribution in [0.4, 0.5) is 0 Å². The molecule has 0 saturated heterocycles. The molecule has 0 saturated carbocycles. The lowest BCUT2D eigenvalue weighted by Crippen LogP contribution is -2.66. The fraction of sp³-hybridized carbons (Fsp3) is 0.533. The van der Waals surface area contributed by atoms with E-state index < -0.39 is 36.1 Å². The van der Waals surface area contributed by atoms with Gasteiger partial charge in [-0.1, -0.05) is 69.2 Å². The number of para-hydroxylation sites is 2. The Morgan fingerprint density at radius 3 is 1.74 bits per heavy atom. The van der Waals surface area contributed by atoms with Crippen molar-refractivity contribution in [2.24, 2.45) is 0 Å². The molecule has 0 aliphatic rings. The minimum Gasteiger partial charge on any atom is -0.493 e. The molecule has 2 rings (SSSR count). The van der Waals surface area contributed by atoms with Crippen LogP contribution in [0.3, 0.4) is 0 Å². The Hall–Kier alpha value is -2.46. The van der Waals surface area contributed by atoms with Crippen molar-refractivity contribution in [3.05, 3.63) is 72.3 Å². The van der Waals surface area contributed by atoms with Crippen molar-refractivity contribution in [1.29, 1.82) is 0 Å². The number of benzene rings is 2. The van der Waals surface area contributed by atoms with Crippen LogP contribution < -0.4 is 9.47 Å². The van der Waals surface area contributed by atoms with Crippen molar-refractivity contribution in [3.8, 4) is 11.5 Å². The highest BCUT2D eigenvalue weighted by Crippen LogP contribution is 2.36. The first-order chi connectivity index (χ1) is 18.2. The Balaban J connectivity index is 2.47. The molecular formula is C30H44O8. The molecule has 0 aliphatic heterocycles. The number of ether oxygens (including phenoxy) is 2. The van der Waals surface area contributed by atoms with Crippen LogP contribution in [-0.2, 0) is 12.8 Å². The number of rotatable bonds is 18. The molecule has 0 radical (unpaired) electrons. The van der Waals surface area contributed by atoms with Gasteiger partial charge in [0, 0.05) is 12.8 Å². The third-order valence-electron chi connectivity index (χ3n) is 6.77.